The van der Waals surface area contributed by atoms with Gasteiger partial charge in [0.1, 0.15) is 37.6 Å². The predicted molar refractivity (Wildman–Crippen MR) is 127 cm³/mol. The molecule has 1 aliphatic heterocycles. The minimum Gasteiger partial charge on any atom is -0.460 e. The van der Waals surface area contributed by atoms with Crippen LogP contribution in [-0.2, 0) is 41.8 Å². The number of aliphatic hydroxyl groups is 4. The average Bonchev–Trinajstić information content (AvgIpc) is 2.91. The van der Waals surface area contributed by atoms with Crippen molar-refractivity contribution in [2.75, 3.05) is 6.61 Å². The summed E-state index contributed by atoms with van der Waals surface area (Å²) in [6.45, 7) is -1.04. The van der Waals surface area contributed by atoms with Gasteiger partial charge in [-0.2, -0.15) is 0 Å². The molecule has 1 saturated heterocycles. The SMILES string of the molecule is NC(=O)[C@@]1(CCC(C(=O)OCc2ccccc2)C(=O)OCc2ccccc2)O[C@H](CO)[C@@H](O)[C@H](O)[C@H]1O. The number of nitrogens with two attached hydrogens (primary N) is 1. The second-order valence-electron chi connectivity index (χ2n) is 8.80. The number of carbonyl (C=O) groups excluding carboxylic acids is 3. The number of carbonyl (C=O) groups is 3. The summed E-state index contributed by atoms with van der Waals surface area (Å²) in [6.07, 6.45) is -7.96. The highest BCUT2D eigenvalue weighted by atomic mass is 16.6. The van der Waals surface area contributed by atoms with Gasteiger partial charge in [-0.25, -0.2) is 0 Å². The van der Waals surface area contributed by atoms with Crippen LogP contribution in [0.3, 0.4) is 0 Å². The van der Waals surface area contributed by atoms with Crippen molar-refractivity contribution in [3.8, 4) is 0 Å². The molecule has 200 valence electrons. The average molecular weight is 518 g/mol. The predicted octanol–water partition coefficient (Wildman–Crippen LogP) is -0.433. The van der Waals surface area contributed by atoms with Crippen LogP contribution in [0.4, 0.5) is 0 Å². The fourth-order valence-electron chi connectivity index (χ4n) is 4.12. The van der Waals surface area contributed by atoms with Crippen LogP contribution in [0, 0.1) is 5.92 Å². The lowest BCUT2D eigenvalue weighted by Gasteiger charge is -2.47. The molecule has 11 heteroatoms. The number of esters is 2. The van der Waals surface area contributed by atoms with Gasteiger partial charge in [-0.15, -0.1) is 0 Å². The Hall–Kier alpha value is -3.35. The van der Waals surface area contributed by atoms with E-state index >= 15 is 0 Å². The van der Waals surface area contributed by atoms with Crippen LogP contribution in [0.1, 0.15) is 24.0 Å². The number of aliphatic hydroxyl groups excluding tert-OH is 4. The summed E-state index contributed by atoms with van der Waals surface area (Å²) in [4.78, 5) is 38.3. The topological polar surface area (TPSA) is 186 Å². The van der Waals surface area contributed by atoms with E-state index in [1.165, 1.54) is 0 Å². The first-order chi connectivity index (χ1) is 17.7. The number of rotatable bonds is 11. The Morgan fingerprint density at radius 2 is 1.35 bits per heavy atom. The van der Waals surface area contributed by atoms with Gasteiger partial charge < -0.3 is 40.4 Å². The normalized spacial score (nSPS) is 25.4. The largest absolute Gasteiger partial charge is 0.460 e. The highest BCUT2D eigenvalue weighted by molar-refractivity contribution is 5.95. The molecule has 0 bridgehead atoms. The molecule has 5 atom stereocenters. The van der Waals surface area contributed by atoms with Gasteiger partial charge in [0.05, 0.1) is 6.61 Å². The molecule has 0 radical (unpaired) electrons. The summed E-state index contributed by atoms with van der Waals surface area (Å²) in [5.74, 6) is -4.62. The van der Waals surface area contributed by atoms with Gasteiger partial charge in [-0.3, -0.25) is 14.4 Å². The third-order valence-electron chi connectivity index (χ3n) is 6.31. The van der Waals surface area contributed by atoms with E-state index in [1.807, 2.05) is 0 Å². The smallest absolute Gasteiger partial charge is 0.320 e. The lowest BCUT2D eigenvalue weighted by Crippen LogP contribution is -2.69. The van der Waals surface area contributed by atoms with Crippen LogP contribution in [0.2, 0.25) is 0 Å². The Bertz CT molecular complexity index is 992. The quantitative estimate of drug-likeness (QED) is 0.193. The van der Waals surface area contributed by atoms with Crippen molar-refractivity contribution in [3.63, 3.8) is 0 Å². The molecule has 1 fully saturated rings. The molecular weight excluding hydrogens is 486 g/mol. The van der Waals surface area contributed by atoms with E-state index in [2.05, 4.69) is 0 Å². The lowest BCUT2D eigenvalue weighted by atomic mass is 9.79. The maximum Gasteiger partial charge on any atom is 0.320 e. The van der Waals surface area contributed by atoms with Crippen molar-refractivity contribution in [3.05, 3.63) is 71.8 Å². The molecular formula is C26H31NO10. The molecule has 1 amide bonds. The number of benzene rings is 2. The molecule has 2 aromatic rings. The van der Waals surface area contributed by atoms with E-state index in [0.29, 0.717) is 11.1 Å². The minimum atomic E-state index is -2.30. The van der Waals surface area contributed by atoms with Crippen molar-refractivity contribution >= 4 is 17.8 Å². The summed E-state index contributed by atoms with van der Waals surface area (Å²) in [7, 11) is 0. The zero-order valence-electron chi connectivity index (χ0n) is 20.0. The van der Waals surface area contributed by atoms with Crippen LogP contribution in [0.5, 0.6) is 0 Å². The van der Waals surface area contributed by atoms with Crippen molar-refractivity contribution in [1.29, 1.82) is 0 Å². The second-order valence-corrected chi connectivity index (χ2v) is 8.80. The van der Waals surface area contributed by atoms with Crippen molar-refractivity contribution in [2.45, 2.75) is 56.1 Å². The maximum absolute atomic E-state index is 13.0. The van der Waals surface area contributed by atoms with E-state index < -0.39 is 73.2 Å². The molecule has 11 nitrogen and oxygen atoms in total. The van der Waals surface area contributed by atoms with Crippen molar-refractivity contribution < 1.29 is 49.0 Å². The van der Waals surface area contributed by atoms with E-state index in [-0.39, 0.29) is 13.2 Å². The molecule has 0 saturated carbocycles. The van der Waals surface area contributed by atoms with Gasteiger partial charge in [-0.05, 0) is 24.0 Å². The lowest BCUT2D eigenvalue weighted by molar-refractivity contribution is -0.267. The summed E-state index contributed by atoms with van der Waals surface area (Å²) in [5.41, 5.74) is 4.54. The van der Waals surface area contributed by atoms with Crippen LogP contribution >= 0.6 is 0 Å². The molecule has 6 N–H and O–H groups in total. The van der Waals surface area contributed by atoms with Gasteiger partial charge >= 0.3 is 11.9 Å². The molecule has 0 unspecified atom stereocenters. The maximum atomic E-state index is 13.0. The number of primary amides is 1. The van der Waals surface area contributed by atoms with E-state index in [9.17, 15) is 34.8 Å². The third-order valence-corrected chi connectivity index (χ3v) is 6.31. The molecule has 0 aromatic heterocycles. The van der Waals surface area contributed by atoms with E-state index in [0.717, 1.165) is 0 Å². The minimum absolute atomic E-state index is 0.125. The van der Waals surface area contributed by atoms with Crippen LogP contribution < -0.4 is 5.73 Å². The first-order valence-electron chi connectivity index (χ1n) is 11.7. The van der Waals surface area contributed by atoms with Gasteiger partial charge in [-0.1, -0.05) is 60.7 Å². The molecule has 37 heavy (non-hydrogen) atoms. The van der Waals surface area contributed by atoms with Crippen LogP contribution in [0.25, 0.3) is 0 Å². The highest BCUT2D eigenvalue weighted by Gasteiger charge is 2.57. The summed E-state index contributed by atoms with van der Waals surface area (Å²) >= 11 is 0. The van der Waals surface area contributed by atoms with Crippen LogP contribution in [-0.4, -0.2) is 74.9 Å². The molecule has 0 aliphatic carbocycles. The second kappa shape index (κ2) is 12.7. The number of hydrogen-bond acceptors (Lipinski definition) is 10. The molecule has 3 rings (SSSR count). The Labute approximate surface area is 213 Å². The Morgan fingerprint density at radius 3 is 1.78 bits per heavy atom. The van der Waals surface area contributed by atoms with E-state index in [4.69, 9.17) is 19.9 Å². The molecule has 1 aliphatic rings. The molecule has 1 heterocycles. The molecule has 2 aromatic carbocycles. The fourth-order valence-corrected chi connectivity index (χ4v) is 4.12. The molecule has 0 spiro atoms. The van der Waals surface area contributed by atoms with Crippen LogP contribution in [0.15, 0.2) is 60.7 Å². The van der Waals surface area contributed by atoms with E-state index in [1.54, 1.807) is 60.7 Å². The summed E-state index contributed by atoms with van der Waals surface area (Å²) in [6, 6.07) is 17.5. The monoisotopic (exact) mass is 517 g/mol. The third kappa shape index (κ3) is 6.70. The van der Waals surface area contributed by atoms with Gasteiger partial charge in [0.25, 0.3) is 5.91 Å². The standard InChI is InChI=1S/C26H31NO10/c27-25(34)26(22(31)21(30)20(29)19(13-28)37-26)12-11-18(23(32)35-14-16-7-3-1-4-8-16)24(33)36-15-17-9-5-2-6-10-17/h1-10,18-22,28-31H,11-15H2,(H2,27,34)/t19-,20-,21+,22-,26+/m1/s1. The van der Waals surface area contributed by atoms with Crippen molar-refractivity contribution in [2.24, 2.45) is 11.7 Å². The number of amides is 1. The Kier molecular flexibility index (Phi) is 9.73. The number of hydrogen-bond donors (Lipinski definition) is 5. The Morgan fingerprint density at radius 1 is 0.865 bits per heavy atom. The fraction of sp³-hybridized carbons (Fsp3) is 0.423. The van der Waals surface area contributed by atoms with Crippen molar-refractivity contribution in [1.82, 2.24) is 0 Å². The Balaban J connectivity index is 1.79. The summed E-state index contributed by atoms with van der Waals surface area (Å²) < 4.78 is 16.1. The van der Waals surface area contributed by atoms with Gasteiger partial charge in [0.15, 0.2) is 11.5 Å². The van der Waals surface area contributed by atoms with Gasteiger partial charge in [0, 0.05) is 0 Å². The first-order valence-corrected chi connectivity index (χ1v) is 11.7. The number of ether oxygens (including phenoxy) is 3. The zero-order chi connectivity index (χ0) is 27.0. The highest BCUT2D eigenvalue weighted by Crippen LogP contribution is 2.35. The van der Waals surface area contributed by atoms with Gasteiger partial charge in [0.2, 0.25) is 0 Å². The first kappa shape index (κ1) is 28.2. The zero-order valence-corrected chi connectivity index (χ0v) is 20.0. The summed E-state index contributed by atoms with van der Waals surface area (Å²) in [5, 5.41) is 40.4.